The van der Waals surface area contributed by atoms with Crippen LogP contribution in [0.25, 0.3) is 0 Å². The molecule has 0 saturated carbocycles. The van der Waals surface area contributed by atoms with E-state index < -0.39 is 57.6 Å². The number of nitrogens with one attached hydrogen (secondary N) is 1. The summed E-state index contributed by atoms with van der Waals surface area (Å²) in [4.78, 5) is 45.6. The molecule has 12 heteroatoms. The van der Waals surface area contributed by atoms with Gasteiger partial charge >= 0.3 is 19.8 Å². The lowest BCUT2D eigenvalue weighted by molar-refractivity contribution is -0.147. The fourth-order valence-corrected chi connectivity index (χ4v) is 6.02. The van der Waals surface area contributed by atoms with Crippen LogP contribution in [0.5, 0.6) is 0 Å². The molecule has 288 valence electrons. The van der Waals surface area contributed by atoms with Gasteiger partial charge in [0.2, 0.25) is 5.91 Å². The van der Waals surface area contributed by atoms with Crippen molar-refractivity contribution >= 4 is 25.7 Å². The van der Waals surface area contributed by atoms with Gasteiger partial charge in [-0.1, -0.05) is 135 Å². The summed E-state index contributed by atoms with van der Waals surface area (Å²) in [7, 11) is -4.74. The van der Waals surface area contributed by atoms with E-state index in [2.05, 4.69) is 31.3 Å². The number of rotatable bonds is 36. The van der Waals surface area contributed by atoms with Crippen molar-refractivity contribution in [1.29, 1.82) is 0 Å². The third-order valence-electron chi connectivity index (χ3n) is 8.30. The number of phosphoric acid groups is 1. The lowest BCUT2D eigenvalue weighted by Gasteiger charge is -2.18. The highest BCUT2D eigenvalue weighted by Crippen LogP contribution is 2.43. The van der Waals surface area contributed by atoms with Crippen LogP contribution in [0.1, 0.15) is 174 Å². The third-order valence-corrected chi connectivity index (χ3v) is 9.26. The molecule has 0 rings (SSSR count). The Labute approximate surface area is 296 Å². The molecule has 0 bridgehead atoms. The molecule has 3 atom stereocenters. The van der Waals surface area contributed by atoms with Gasteiger partial charge in [-0.2, -0.15) is 0 Å². The molecule has 11 nitrogen and oxygen atoms in total. The zero-order valence-corrected chi connectivity index (χ0v) is 31.6. The average Bonchev–Trinajstić information content (AvgIpc) is 3.07. The van der Waals surface area contributed by atoms with E-state index in [1.165, 1.54) is 77.0 Å². The predicted molar refractivity (Wildman–Crippen MR) is 194 cm³/mol. The largest absolute Gasteiger partial charge is 0.480 e. The van der Waals surface area contributed by atoms with Crippen molar-refractivity contribution in [3.63, 3.8) is 0 Å². The maximum absolute atomic E-state index is 12.3. The van der Waals surface area contributed by atoms with Gasteiger partial charge < -0.3 is 25.2 Å². The molecule has 0 aromatic carbocycles. The van der Waals surface area contributed by atoms with E-state index in [-0.39, 0.29) is 12.8 Å². The number of esters is 1. The summed E-state index contributed by atoms with van der Waals surface area (Å²) < 4.78 is 26.7. The van der Waals surface area contributed by atoms with Crippen LogP contribution in [0, 0.1) is 0 Å². The van der Waals surface area contributed by atoms with Crippen molar-refractivity contribution < 1.29 is 47.8 Å². The first-order valence-electron chi connectivity index (χ1n) is 19.2. The van der Waals surface area contributed by atoms with Gasteiger partial charge in [-0.15, -0.1) is 0 Å². The predicted octanol–water partition coefficient (Wildman–Crippen LogP) is 8.94. The minimum absolute atomic E-state index is 0.138. The van der Waals surface area contributed by atoms with E-state index in [0.717, 1.165) is 57.8 Å². The van der Waals surface area contributed by atoms with Gasteiger partial charge in [-0.3, -0.25) is 18.6 Å². The molecular weight excluding hydrogens is 649 g/mol. The monoisotopic (exact) mass is 719 g/mol. The van der Waals surface area contributed by atoms with Crippen LogP contribution in [0.3, 0.4) is 0 Å². The Morgan fingerprint density at radius 1 is 0.633 bits per heavy atom. The lowest BCUT2D eigenvalue weighted by atomic mass is 10.1. The first-order valence-corrected chi connectivity index (χ1v) is 20.7. The Morgan fingerprint density at radius 3 is 1.55 bits per heavy atom. The minimum atomic E-state index is -4.74. The number of aliphatic hydroxyl groups excluding tert-OH is 1. The molecule has 0 aliphatic heterocycles. The highest BCUT2D eigenvalue weighted by Gasteiger charge is 2.28. The summed E-state index contributed by atoms with van der Waals surface area (Å²) in [6, 6.07) is -1.55. The van der Waals surface area contributed by atoms with Gasteiger partial charge in [-0.05, 0) is 38.5 Å². The van der Waals surface area contributed by atoms with Gasteiger partial charge in [0.1, 0.15) is 12.7 Å². The van der Waals surface area contributed by atoms with E-state index in [9.17, 15) is 34.1 Å². The van der Waals surface area contributed by atoms with Crippen molar-refractivity contribution in [2.45, 2.75) is 187 Å². The van der Waals surface area contributed by atoms with Gasteiger partial charge in [0.05, 0.1) is 13.2 Å². The number of phosphoric ester groups is 1. The van der Waals surface area contributed by atoms with Crippen LogP contribution in [-0.4, -0.2) is 64.9 Å². The SMILES string of the molecule is CCCCCCCCC/C=C\CCCCCCCC(=O)NC(COP(=O)(O)OCC(O)COC(=O)CCCCCCCCCCC)C(=O)O. The topological polar surface area (TPSA) is 169 Å². The van der Waals surface area contributed by atoms with Crippen molar-refractivity contribution in [3.05, 3.63) is 12.2 Å². The zero-order valence-electron chi connectivity index (χ0n) is 30.8. The highest BCUT2D eigenvalue weighted by molar-refractivity contribution is 7.47. The second kappa shape index (κ2) is 33.4. The summed E-state index contributed by atoms with van der Waals surface area (Å²) in [6.07, 6.45) is 29.6. The number of unbranched alkanes of at least 4 members (excludes halogenated alkanes) is 20. The molecule has 0 fully saturated rings. The minimum Gasteiger partial charge on any atom is -0.480 e. The van der Waals surface area contributed by atoms with E-state index >= 15 is 0 Å². The van der Waals surface area contributed by atoms with E-state index in [0.29, 0.717) is 12.8 Å². The standard InChI is InChI=1S/C37H70NO10P/c1-3-5-7-9-11-13-14-15-16-17-18-19-21-22-24-26-28-35(40)38-34(37(42)43)32-48-49(44,45)47-31-33(39)30-46-36(41)29-27-25-23-20-12-10-8-6-4-2/h16-17,33-34,39H,3-15,18-32H2,1-2H3,(H,38,40)(H,42,43)(H,44,45)/b17-16-. The quantitative estimate of drug-likeness (QED) is 0.0212. The molecule has 4 N–H and O–H groups in total. The molecule has 0 radical (unpaired) electrons. The molecular formula is C37H70NO10P. The first-order chi connectivity index (χ1) is 23.6. The number of hydrogen-bond donors (Lipinski definition) is 4. The number of carboxylic acids is 1. The number of hydrogen-bond acceptors (Lipinski definition) is 8. The van der Waals surface area contributed by atoms with E-state index in [1.54, 1.807) is 0 Å². The molecule has 3 unspecified atom stereocenters. The molecule has 0 spiro atoms. The summed E-state index contributed by atoms with van der Waals surface area (Å²) in [5.74, 6) is -2.38. The number of allylic oxidation sites excluding steroid dienone is 2. The molecule has 49 heavy (non-hydrogen) atoms. The van der Waals surface area contributed by atoms with Gasteiger partial charge in [-0.25, -0.2) is 9.36 Å². The van der Waals surface area contributed by atoms with Crippen LogP contribution in [-0.2, 0) is 32.7 Å². The highest BCUT2D eigenvalue weighted by atomic mass is 31.2. The van der Waals surface area contributed by atoms with Gasteiger partial charge in [0.25, 0.3) is 0 Å². The molecule has 0 aliphatic rings. The summed E-state index contributed by atoms with van der Waals surface area (Å²) in [5.41, 5.74) is 0. The van der Waals surface area contributed by atoms with E-state index in [4.69, 9.17) is 13.8 Å². The maximum Gasteiger partial charge on any atom is 0.472 e. The number of carboxylic acid groups (broad SMARTS) is 1. The van der Waals surface area contributed by atoms with Crippen LogP contribution < -0.4 is 5.32 Å². The maximum atomic E-state index is 12.3. The van der Waals surface area contributed by atoms with Crippen LogP contribution >= 0.6 is 7.82 Å². The summed E-state index contributed by atoms with van der Waals surface area (Å²) in [6.45, 7) is 2.54. The number of aliphatic hydroxyl groups is 1. The second-order valence-corrected chi connectivity index (χ2v) is 14.6. The van der Waals surface area contributed by atoms with Gasteiger partial charge in [0, 0.05) is 12.8 Å². The number of carbonyl (C=O) groups is 3. The molecule has 1 amide bonds. The molecule has 0 aromatic rings. The van der Waals surface area contributed by atoms with Crippen LogP contribution in [0.15, 0.2) is 12.2 Å². The second-order valence-electron chi connectivity index (χ2n) is 13.1. The Morgan fingerprint density at radius 2 is 1.06 bits per heavy atom. The van der Waals surface area contributed by atoms with Crippen molar-refractivity contribution in [2.24, 2.45) is 0 Å². The Kier molecular flexibility index (Phi) is 32.2. The number of amides is 1. The number of carbonyl (C=O) groups excluding carboxylic acids is 2. The van der Waals surface area contributed by atoms with Crippen molar-refractivity contribution in [2.75, 3.05) is 19.8 Å². The third kappa shape index (κ3) is 33.1. The Hall–Kier alpha value is -1.78. The van der Waals surface area contributed by atoms with Crippen molar-refractivity contribution in [3.8, 4) is 0 Å². The summed E-state index contributed by atoms with van der Waals surface area (Å²) in [5, 5.41) is 21.7. The van der Waals surface area contributed by atoms with E-state index in [1.807, 2.05) is 0 Å². The molecule has 0 aromatic heterocycles. The fourth-order valence-electron chi connectivity index (χ4n) is 5.25. The van der Waals surface area contributed by atoms with Crippen LogP contribution in [0.4, 0.5) is 0 Å². The normalized spacial score (nSPS) is 14.0. The molecule has 0 saturated heterocycles. The molecule has 0 aliphatic carbocycles. The first kappa shape index (κ1) is 47.2. The number of aliphatic carboxylic acids is 1. The summed E-state index contributed by atoms with van der Waals surface area (Å²) >= 11 is 0. The molecule has 0 heterocycles. The van der Waals surface area contributed by atoms with Gasteiger partial charge in [0.15, 0.2) is 6.04 Å². The Bertz CT molecular complexity index is 900. The number of ether oxygens (including phenoxy) is 1. The average molecular weight is 720 g/mol. The zero-order chi connectivity index (χ0) is 36.4. The smallest absolute Gasteiger partial charge is 0.472 e. The van der Waals surface area contributed by atoms with Crippen molar-refractivity contribution in [1.82, 2.24) is 5.32 Å². The lowest BCUT2D eigenvalue weighted by Crippen LogP contribution is -2.43. The Balaban J connectivity index is 3.97. The van der Waals surface area contributed by atoms with Crippen LogP contribution in [0.2, 0.25) is 0 Å². The fraction of sp³-hybridized carbons (Fsp3) is 0.865.